The molecule has 1 atom stereocenters. The first-order chi connectivity index (χ1) is 8.26. The summed E-state index contributed by atoms with van der Waals surface area (Å²) in [5.41, 5.74) is 7.54. The normalized spacial score (nSPS) is 12.1. The van der Waals surface area contributed by atoms with Crippen LogP contribution < -0.4 is 5.73 Å². The molecule has 1 unspecified atom stereocenters. The molecule has 0 aliphatic heterocycles. The van der Waals surface area contributed by atoms with E-state index in [1.54, 1.807) is 6.07 Å². The molecule has 1 heterocycles. The average Bonchev–Trinajstić information content (AvgIpc) is 2.78. The number of hydrogen-bond acceptors (Lipinski definition) is 2. The number of benzene rings is 1. The Morgan fingerprint density at radius 3 is 2.82 bits per heavy atom. The van der Waals surface area contributed by atoms with Gasteiger partial charge in [-0.05, 0) is 29.8 Å². The molecule has 86 valence electrons. The summed E-state index contributed by atoms with van der Waals surface area (Å²) in [6, 6.07) is 13.8. The lowest BCUT2D eigenvalue weighted by atomic mass is 10.1. The molecule has 4 heteroatoms. The molecular weight excluding hydrogens is 278 g/mol. The summed E-state index contributed by atoms with van der Waals surface area (Å²) in [5.74, 6) is 0. The van der Waals surface area contributed by atoms with E-state index in [9.17, 15) is 0 Å². The van der Waals surface area contributed by atoms with Gasteiger partial charge in [-0.25, -0.2) is 0 Å². The molecule has 3 nitrogen and oxygen atoms in total. The van der Waals surface area contributed by atoms with Gasteiger partial charge >= 0.3 is 0 Å². The van der Waals surface area contributed by atoms with Gasteiger partial charge in [-0.3, -0.25) is 0 Å². The smallest absolute Gasteiger partial charge is 0.120 e. The SMILES string of the molecule is N#Cc1cccn1C(CN)c1cccc(Br)c1. The van der Waals surface area contributed by atoms with Gasteiger partial charge in [0.1, 0.15) is 11.8 Å². The van der Waals surface area contributed by atoms with E-state index in [1.165, 1.54) is 0 Å². The minimum Gasteiger partial charge on any atom is -0.331 e. The van der Waals surface area contributed by atoms with Gasteiger partial charge in [0.2, 0.25) is 0 Å². The Kier molecular flexibility index (Phi) is 3.62. The van der Waals surface area contributed by atoms with Crippen molar-refractivity contribution in [2.75, 3.05) is 6.54 Å². The van der Waals surface area contributed by atoms with Gasteiger partial charge in [-0.1, -0.05) is 28.1 Å². The van der Waals surface area contributed by atoms with Gasteiger partial charge in [0.05, 0.1) is 6.04 Å². The molecule has 0 fully saturated rings. The highest BCUT2D eigenvalue weighted by Crippen LogP contribution is 2.22. The summed E-state index contributed by atoms with van der Waals surface area (Å²) in [6.07, 6.45) is 1.89. The molecule has 1 aromatic heterocycles. The van der Waals surface area contributed by atoms with Crippen LogP contribution in [0.1, 0.15) is 17.3 Å². The average molecular weight is 290 g/mol. The van der Waals surface area contributed by atoms with Crippen LogP contribution in [0.5, 0.6) is 0 Å². The van der Waals surface area contributed by atoms with Crippen LogP contribution in [0.25, 0.3) is 0 Å². The fourth-order valence-corrected chi connectivity index (χ4v) is 2.30. The Balaban J connectivity index is 2.44. The van der Waals surface area contributed by atoms with Crippen LogP contribution >= 0.6 is 15.9 Å². The van der Waals surface area contributed by atoms with Crippen molar-refractivity contribution in [2.45, 2.75) is 6.04 Å². The van der Waals surface area contributed by atoms with Crippen molar-refractivity contribution in [3.05, 3.63) is 58.3 Å². The second-order valence-electron chi connectivity index (χ2n) is 3.72. The quantitative estimate of drug-likeness (QED) is 0.944. The maximum atomic E-state index is 9.03. The van der Waals surface area contributed by atoms with Crippen molar-refractivity contribution < 1.29 is 0 Å². The molecule has 0 aliphatic carbocycles. The van der Waals surface area contributed by atoms with E-state index in [0.717, 1.165) is 10.0 Å². The summed E-state index contributed by atoms with van der Waals surface area (Å²) in [7, 11) is 0. The lowest BCUT2D eigenvalue weighted by Crippen LogP contribution is -2.20. The van der Waals surface area contributed by atoms with E-state index in [-0.39, 0.29) is 6.04 Å². The molecule has 0 amide bonds. The first-order valence-electron chi connectivity index (χ1n) is 5.28. The zero-order valence-electron chi connectivity index (χ0n) is 9.18. The Morgan fingerprint density at radius 1 is 1.35 bits per heavy atom. The van der Waals surface area contributed by atoms with Gasteiger partial charge in [-0.2, -0.15) is 5.26 Å². The zero-order chi connectivity index (χ0) is 12.3. The van der Waals surface area contributed by atoms with Crippen LogP contribution in [0.2, 0.25) is 0 Å². The van der Waals surface area contributed by atoms with Crippen molar-refractivity contribution in [1.82, 2.24) is 4.57 Å². The first-order valence-corrected chi connectivity index (χ1v) is 6.08. The lowest BCUT2D eigenvalue weighted by Gasteiger charge is -2.18. The number of nitriles is 1. The van der Waals surface area contributed by atoms with Crippen molar-refractivity contribution in [3.63, 3.8) is 0 Å². The number of nitrogens with zero attached hydrogens (tertiary/aromatic N) is 2. The molecule has 17 heavy (non-hydrogen) atoms. The van der Waals surface area contributed by atoms with E-state index in [4.69, 9.17) is 11.0 Å². The summed E-state index contributed by atoms with van der Waals surface area (Å²) in [4.78, 5) is 0. The second-order valence-corrected chi connectivity index (χ2v) is 4.63. The largest absolute Gasteiger partial charge is 0.331 e. The zero-order valence-corrected chi connectivity index (χ0v) is 10.8. The Hall–Kier alpha value is -1.57. The van der Waals surface area contributed by atoms with E-state index in [0.29, 0.717) is 12.2 Å². The maximum Gasteiger partial charge on any atom is 0.120 e. The highest BCUT2D eigenvalue weighted by molar-refractivity contribution is 9.10. The number of rotatable bonds is 3. The number of halogens is 1. The van der Waals surface area contributed by atoms with E-state index in [1.807, 2.05) is 41.1 Å². The second kappa shape index (κ2) is 5.17. The van der Waals surface area contributed by atoms with Crippen molar-refractivity contribution in [2.24, 2.45) is 5.73 Å². The molecule has 0 saturated carbocycles. The topological polar surface area (TPSA) is 54.7 Å². The number of hydrogen-bond donors (Lipinski definition) is 1. The summed E-state index contributed by atoms with van der Waals surface area (Å²) in [6.45, 7) is 0.458. The molecule has 2 aromatic rings. The molecule has 0 spiro atoms. The molecule has 1 aromatic carbocycles. The first kappa shape index (κ1) is 11.9. The van der Waals surface area contributed by atoms with Crippen LogP contribution in [-0.2, 0) is 0 Å². The third kappa shape index (κ3) is 2.41. The monoisotopic (exact) mass is 289 g/mol. The fourth-order valence-electron chi connectivity index (χ4n) is 1.88. The molecular formula is C13H12BrN3. The van der Waals surface area contributed by atoms with Crippen LogP contribution in [0.4, 0.5) is 0 Å². The molecule has 0 aliphatic rings. The van der Waals surface area contributed by atoms with E-state index < -0.39 is 0 Å². The third-order valence-electron chi connectivity index (χ3n) is 2.69. The predicted octanol–water partition coefficient (Wildman–Crippen LogP) is 2.67. The van der Waals surface area contributed by atoms with E-state index >= 15 is 0 Å². The Labute approximate surface area is 109 Å². The molecule has 2 rings (SSSR count). The molecule has 0 bridgehead atoms. The maximum absolute atomic E-state index is 9.03. The van der Waals surface area contributed by atoms with Crippen molar-refractivity contribution in [1.29, 1.82) is 5.26 Å². The standard InChI is InChI=1S/C13H12BrN3/c14-11-4-1-3-10(7-11)13(9-16)17-6-2-5-12(17)8-15/h1-7,13H,9,16H2. The Morgan fingerprint density at radius 2 is 2.18 bits per heavy atom. The van der Waals surface area contributed by atoms with Gasteiger partial charge < -0.3 is 10.3 Å². The highest BCUT2D eigenvalue weighted by Gasteiger charge is 2.14. The summed E-state index contributed by atoms with van der Waals surface area (Å²) >= 11 is 3.44. The van der Waals surface area contributed by atoms with E-state index in [2.05, 4.69) is 22.0 Å². The van der Waals surface area contributed by atoms with Gasteiger partial charge in [0.25, 0.3) is 0 Å². The van der Waals surface area contributed by atoms with Crippen molar-refractivity contribution >= 4 is 15.9 Å². The molecule has 0 radical (unpaired) electrons. The van der Waals surface area contributed by atoms with Crippen molar-refractivity contribution in [3.8, 4) is 6.07 Å². The summed E-state index contributed by atoms with van der Waals surface area (Å²) in [5, 5.41) is 9.03. The minimum absolute atomic E-state index is 0.00264. The van der Waals surface area contributed by atoms with Crippen LogP contribution in [0.15, 0.2) is 47.1 Å². The van der Waals surface area contributed by atoms with Gasteiger partial charge in [0, 0.05) is 17.2 Å². The van der Waals surface area contributed by atoms with Gasteiger partial charge in [-0.15, -0.1) is 0 Å². The van der Waals surface area contributed by atoms with Gasteiger partial charge in [0.15, 0.2) is 0 Å². The van der Waals surface area contributed by atoms with Crippen LogP contribution in [-0.4, -0.2) is 11.1 Å². The number of aromatic nitrogens is 1. The highest BCUT2D eigenvalue weighted by atomic mass is 79.9. The summed E-state index contributed by atoms with van der Waals surface area (Å²) < 4.78 is 2.92. The third-order valence-corrected chi connectivity index (χ3v) is 3.18. The fraction of sp³-hybridized carbons (Fsp3) is 0.154. The molecule has 0 saturated heterocycles. The Bertz CT molecular complexity index is 554. The predicted molar refractivity (Wildman–Crippen MR) is 70.5 cm³/mol. The van der Waals surface area contributed by atoms with Crippen LogP contribution in [0.3, 0.4) is 0 Å². The minimum atomic E-state index is -0.00264. The van der Waals surface area contributed by atoms with Crippen LogP contribution in [0, 0.1) is 11.3 Å². The lowest BCUT2D eigenvalue weighted by molar-refractivity contribution is 0.592. The number of nitrogens with two attached hydrogens (primary N) is 1. The molecule has 2 N–H and O–H groups in total.